The Kier molecular flexibility index (Phi) is 7.31. The summed E-state index contributed by atoms with van der Waals surface area (Å²) in [5.41, 5.74) is 3.32. The maximum Gasteiger partial charge on any atom is 0.258 e. The van der Waals surface area contributed by atoms with Crippen molar-refractivity contribution in [1.82, 2.24) is 5.32 Å². The third-order valence-corrected chi connectivity index (χ3v) is 5.41. The Labute approximate surface area is 170 Å². The molecule has 0 fully saturated rings. The van der Waals surface area contributed by atoms with Gasteiger partial charge in [-0.3, -0.25) is 4.79 Å². The SMILES string of the molecule is Cc1cc(OCC(=O)NCCOc2ccccc2C(C)(C)C)cc(C)c1Br. The molecule has 0 saturated heterocycles. The van der Waals surface area contributed by atoms with Crippen molar-refractivity contribution in [3.8, 4) is 11.5 Å². The van der Waals surface area contributed by atoms with Crippen molar-refractivity contribution in [3.63, 3.8) is 0 Å². The predicted octanol–water partition coefficient (Wildman–Crippen LogP) is 4.94. The van der Waals surface area contributed by atoms with Gasteiger partial charge in [-0.15, -0.1) is 0 Å². The number of nitrogens with one attached hydrogen (secondary N) is 1. The molecular formula is C22H28BrNO3. The molecule has 0 heterocycles. The quantitative estimate of drug-likeness (QED) is 0.629. The van der Waals surface area contributed by atoms with E-state index in [1.165, 1.54) is 0 Å². The van der Waals surface area contributed by atoms with Crippen molar-refractivity contribution >= 4 is 21.8 Å². The van der Waals surface area contributed by atoms with Gasteiger partial charge in [0.25, 0.3) is 5.91 Å². The lowest BCUT2D eigenvalue weighted by Crippen LogP contribution is -2.32. The number of hydrogen-bond donors (Lipinski definition) is 1. The Morgan fingerprint density at radius 3 is 2.33 bits per heavy atom. The molecule has 0 radical (unpaired) electrons. The van der Waals surface area contributed by atoms with Crippen LogP contribution in [0.2, 0.25) is 0 Å². The van der Waals surface area contributed by atoms with Crippen LogP contribution in [0.3, 0.4) is 0 Å². The molecule has 0 aliphatic heterocycles. The van der Waals surface area contributed by atoms with Crippen LogP contribution in [0.4, 0.5) is 0 Å². The molecule has 4 nitrogen and oxygen atoms in total. The second-order valence-corrected chi connectivity index (χ2v) is 8.40. The summed E-state index contributed by atoms with van der Waals surface area (Å²) in [4.78, 5) is 12.0. The van der Waals surface area contributed by atoms with Gasteiger partial charge < -0.3 is 14.8 Å². The molecule has 2 aromatic carbocycles. The molecule has 146 valence electrons. The fraction of sp³-hybridized carbons (Fsp3) is 0.409. The van der Waals surface area contributed by atoms with Crippen molar-refractivity contribution in [1.29, 1.82) is 0 Å². The second kappa shape index (κ2) is 9.27. The number of benzene rings is 2. The minimum absolute atomic E-state index is 0.00855. The van der Waals surface area contributed by atoms with Gasteiger partial charge in [0.15, 0.2) is 6.61 Å². The monoisotopic (exact) mass is 433 g/mol. The number of carbonyl (C=O) groups excluding carboxylic acids is 1. The number of aryl methyl sites for hydroxylation is 2. The molecule has 0 spiro atoms. The summed E-state index contributed by atoms with van der Waals surface area (Å²) in [6, 6.07) is 11.8. The lowest BCUT2D eigenvalue weighted by Gasteiger charge is -2.22. The van der Waals surface area contributed by atoms with Crippen LogP contribution in [0.5, 0.6) is 11.5 Å². The first-order valence-corrected chi connectivity index (χ1v) is 9.86. The van der Waals surface area contributed by atoms with E-state index in [0.717, 1.165) is 26.9 Å². The third kappa shape index (κ3) is 6.28. The number of hydrogen-bond acceptors (Lipinski definition) is 3. The van der Waals surface area contributed by atoms with Crippen LogP contribution in [0.25, 0.3) is 0 Å². The van der Waals surface area contributed by atoms with Gasteiger partial charge in [0, 0.05) is 4.47 Å². The Balaban J connectivity index is 1.77. The first-order chi connectivity index (χ1) is 12.7. The van der Waals surface area contributed by atoms with Crippen LogP contribution in [-0.2, 0) is 10.2 Å². The molecule has 1 N–H and O–H groups in total. The van der Waals surface area contributed by atoms with Crippen LogP contribution >= 0.6 is 15.9 Å². The molecule has 0 aromatic heterocycles. The van der Waals surface area contributed by atoms with Gasteiger partial charge >= 0.3 is 0 Å². The van der Waals surface area contributed by atoms with Crippen LogP contribution in [0, 0.1) is 13.8 Å². The van der Waals surface area contributed by atoms with Gasteiger partial charge in [-0.1, -0.05) is 54.9 Å². The van der Waals surface area contributed by atoms with Crippen molar-refractivity contribution in [2.75, 3.05) is 19.8 Å². The summed E-state index contributed by atoms with van der Waals surface area (Å²) >= 11 is 3.52. The molecule has 2 rings (SSSR count). The lowest BCUT2D eigenvalue weighted by atomic mass is 9.86. The highest BCUT2D eigenvalue weighted by atomic mass is 79.9. The minimum atomic E-state index is -0.166. The number of halogens is 1. The largest absolute Gasteiger partial charge is 0.491 e. The number of carbonyl (C=O) groups is 1. The van der Waals surface area contributed by atoms with E-state index in [1.807, 2.05) is 44.2 Å². The van der Waals surface area contributed by atoms with Crippen LogP contribution in [0.15, 0.2) is 40.9 Å². The van der Waals surface area contributed by atoms with Crippen molar-refractivity contribution in [3.05, 3.63) is 57.6 Å². The van der Waals surface area contributed by atoms with E-state index in [9.17, 15) is 4.79 Å². The third-order valence-electron chi connectivity index (χ3n) is 4.16. The summed E-state index contributed by atoms with van der Waals surface area (Å²) in [6.07, 6.45) is 0. The van der Waals surface area contributed by atoms with Crippen molar-refractivity contribution in [2.45, 2.75) is 40.0 Å². The smallest absolute Gasteiger partial charge is 0.258 e. The van der Waals surface area contributed by atoms with E-state index in [4.69, 9.17) is 9.47 Å². The van der Waals surface area contributed by atoms with Crippen LogP contribution in [0.1, 0.15) is 37.5 Å². The van der Waals surface area contributed by atoms with E-state index in [-0.39, 0.29) is 17.9 Å². The van der Waals surface area contributed by atoms with Crippen molar-refractivity contribution < 1.29 is 14.3 Å². The van der Waals surface area contributed by atoms with Gasteiger partial charge in [0.05, 0.1) is 6.54 Å². The summed E-state index contributed by atoms with van der Waals surface area (Å²) in [7, 11) is 0. The molecule has 0 atom stereocenters. The average Bonchev–Trinajstić information content (AvgIpc) is 2.61. The average molecular weight is 434 g/mol. The maximum absolute atomic E-state index is 12.0. The van der Waals surface area contributed by atoms with Gasteiger partial charge in [-0.05, 0) is 54.2 Å². The number of para-hydroxylation sites is 1. The number of rotatable bonds is 7. The first-order valence-electron chi connectivity index (χ1n) is 9.07. The Morgan fingerprint density at radius 2 is 1.70 bits per heavy atom. The fourth-order valence-corrected chi connectivity index (χ4v) is 2.98. The zero-order valence-electron chi connectivity index (χ0n) is 16.7. The van der Waals surface area contributed by atoms with Crippen molar-refractivity contribution in [2.24, 2.45) is 0 Å². The molecule has 0 aliphatic carbocycles. The zero-order chi connectivity index (χ0) is 20.0. The summed E-state index contributed by atoms with van der Waals surface area (Å²) < 4.78 is 12.5. The zero-order valence-corrected chi connectivity index (χ0v) is 18.3. The molecular weight excluding hydrogens is 406 g/mol. The van der Waals surface area contributed by atoms with E-state index in [1.54, 1.807) is 0 Å². The first kappa shape index (κ1) is 21.3. The van der Waals surface area contributed by atoms with Crippen LogP contribution in [-0.4, -0.2) is 25.7 Å². The van der Waals surface area contributed by atoms with E-state index >= 15 is 0 Å². The maximum atomic E-state index is 12.0. The van der Waals surface area contributed by atoms with E-state index < -0.39 is 0 Å². The molecule has 0 saturated carbocycles. The summed E-state index contributed by atoms with van der Waals surface area (Å²) in [5.74, 6) is 1.39. The minimum Gasteiger partial charge on any atom is -0.491 e. The molecule has 0 unspecified atom stereocenters. The fourth-order valence-electron chi connectivity index (χ4n) is 2.75. The Hall–Kier alpha value is -2.01. The van der Waals surface area contributed by atoms with E-state index in [2.05, 4.69) is 48.1 Å². The Morgan fingerprint density at radius 1 is 1.07 bits per heavy atom. The van der Waals surface area contributed by atoms with Gasteiger partial charge in [0.1, 0.15) is 18.1 Å². The lowest BCUT2D eigenvalue weighted by molar-refractivity contribution is -0.123. The van der Waals surface area contributed by atoms with Gasteiger partial charge in [-0.2, -0.15) is 0 Å². The summed E-state index contributed by atoms with van der Waals surface area (Å²) in [6.45, 7) is 11.3. The number of amides is 1. The molecule has 27 heavy (non-hydrogen) atoms. The van der Waals surface area contributed by atoms with E-state index in [0.29, 0.717) is 18.9 Å². The molecule has 2 aromatic rings. The topological polar surface area (TPSA) is 47.6 Å². The highest BCUT2D eigenvalue weighted by molar-refractivity contribution is 9.10. The molecule has 0 bridgehead atoms. The van der Waals surface area contributed by atoms with Gasteiger partial charge in [-0.25, -0.2) is 0 Å². The summed E-state index contributed by atoms with van der Waals surface area (Å²) in [5, 5.41) is 2.82. The molecule has 5 heteroatoms. The highest BCUT2D eigenvalue weighted by Crippen LogP contribution is 2.30. The Bertz CT molecular complexity index is 773. The predicted molar refractivity (Wildman–Crippen MR) is 113 cm³/mol. The number of ether oxygens (including phenoxy) is 2. The molecule has 0 aliphatic rings. The normalized spacial score (nSPS) is 11.2. The van der Waals surface area contributed by atoms with Crippen LogP contribution < -0.4 is 14.8 Å². The standard InChI is InChI=1S/C22H28BrNO3/c1-15-12-17(13-16(2)21(15)23)27-14-20(25)24-10-11-26-19-9-7-6-8-18(19)22(3,4)5/h6-9,12-13H,10-11,14H2,1-5H3,(H,24,25). The molecule has 1 amide bonds. The highest BCUT2D eigenvalue weighted by Gasteiger charge is 2.18. The second-order valence-electron chi connectivity index (χ2n) is 7.60. The van der Waals surface area contributed by atoms with Gasteiger partial charge in [0.2, 0.25) is 0 Å².